The monoisotopic (exact) mass is 454 g/mol. The standard InChI is InChI=1S/C25H31ClN4O2/c26-22-13-10-18(16-27)15-20(22)17-29-23(25(31)32)9-5-3-1-2-4-8-21-12-11-19-7-6-14-28-24(19)30-21/h10-13,15,23,29H,1-9,14,17H2,(H,28,30)(H,31,32)/t23-/m0/s1. The Morgan fingerprint density at radius 3 is 2.84 bits per heavy atom. The van der Waals surface area contributed by atoms with Crippen molar-refractivity contribution in [3.05, 3.63) is 57.7 Å². The summed E-state index contributed by atoms with van der Waals surface area (Å²) in [7, 11) is 0. The summed E-state index contributed by atoms with van der Waals surface area (Å²) in [5.74, 6) is 0.200. The number of aromatic nitrogens is 1. The maximum absolute atomic E-state index is 11.6. The van der Waals surface area contributed by atoms with Crippen molar-refractivity contribution in [1.82, 2.24) is 10.3 Å². The van der Waals surface area contributed by atoms with E-state index in [9.17, 15) is 9.90 Å². The molecule has 0 bridgehead atoms. The third-order valence-electron chi connectivity index (χ3n) is 5.89. The van der Waals surface area contributed by atoms with Crippen molar-refractivity contribution >= 4 is 23.4 Å². The number of carboxylic acids is 1. The first kappa shape index (κ1) is 24.0. The van der Waals surface area contributed by atoms with Gasteiger partial charge >= 0.3 is 5.97 Å². The maximum atomic E-state index is 11.6. The van der Waals surface area contributed by atoms with E-state index in [0.717, 1.165) is 68.6 Å². The lowest BCUT2D eigenvalue weighted by Crippen LogP contribution is -2.36. The molecule has 0 radical (unpaired) electrons. The van der Waals surface area contributed by atoms with Crippen LogP contribution in [0.5, 0.6) is 0 Å². The Kier molecular flexibility index (Phi) is 9.33. The van der Waals surface area contributed by atoms with Gasteiger partial charge < -0.3 is 15.7 Å². The highest BCUT2D eigenvalue weighted by Crippen LogP contribution is 2.21. The highest BCUT2D eigenvalue weighted by atomic mass is 35.5. The van der Waals surface area contributed by atoms with Crippen LogP contribution in [0.1, 0.15) is 67.3 Å². The molecule has 7 heteroatoms. The zero-order valence-electron chi connectivity index (χ0n) is 18.4. The highest BCUT2D eigenvalue weighted by molar-refractivity contribution is 6.31. The predicted molar refractivity (Wildman–Crippen MR) is 127 cm³/mol. The van der Waals surface area contributed by atoms with Crippen molar-refractivity contribution in [3.63, 3.8) is 0 Å². The third kappa shape index (κ3) is 7.22. The number of hydrogen-bond acceptors (Lipinski definition) is 5. The molecule has 1 atom stereocenters. The van der Waals surface area contributed by atoms with Gasteiger partial charge in [-0.1, -0.05) is 43.4 Å². The molecule has 0 unspecified atom stereocenters. The number of pyridine rings is 1. The number of aliphatic carboxylic acids is 1. The molecular formula is C25H31ClN4O2. The average molecular weight is 455 g/mol. The molecule has 0 fully saturated rings. The molecular weight excluding hydrogens is 424 g/mol. The second-order valence-electron chi connectivity index (χ2n) is 8.34. The fourth-order valence-corrected chi connectivity index (χ4v) is 4.20. The number of nitrogens with one attached hydrogen (secondary N) is 2. The summed E-state index contributed by atoms with van der Waals surface area (Å²) >= 11 is 6.17. The molecule has 2 aromatic rings. The summed E-state index contributed by atoms with van der Waals surface area (Å²) in [6.07, 6.45) is 9.01. The minimum absolute atomic E-state index is 0.327. The van der Waals surface area contributed by atoms with E-state index in [-0.39, 0.29) is 0 Å². The van der Waals surface area contributed by atoms with E-state index in [1.54, 1.807) is 18.2 Å². The molecule has 0 amide bonds. The highest BCUT2D eigenvalue weighted by Gasteiger charge is 2.17. The van der Waals surface area contributed by atoms with Gasteiger partial charge in [-0.15, -0.1) is 0 Å². The fraction of sp³-hybridized carbons (Fsp3) is 0.480. The van der Waals surface area contributed by atoms with Crippen molar-refractivity contribution < 1.29 is 9.90 Å². The van der Waals surface area contributed by atoms with Crippen molar-refractivity contribution in [3.8, 4) is 6.07 Å². The lowest BCUT2D eigenvalue weighted by atomic mass is 10.0. The molecule has 0 aliphatic carbocycles. The van der Waals surface area contributed by atoms with E-state index in [1.165, 1.54) is 12.0 Å². The van der Waals surface area contributed by atoms with Gasteiger partial charge in [0.05, 0.1) is 11.6 Å². The van der Waals surface area contributed by atoms with Crippen molar-refractivity contribution in [2.24, 2.45) is 0 Å². The van der Waals surface area contributed by atoms with Crippen LogP contribution >= 0.6 is 11.6 Å². The van der Waals surface area contributed by atoms with Crippen LogP contribution in [0.3, 0.4) is 0 Å². The molecule has 3 rings (SSSR count). The van der Waals surface area contributed by atoms with Crippen LogP contribution in [-0.2, 0) is 24.2 Å². The Balaban J connectivity index is 1.33. The molecule has 3 N–H and O–H groups in total. The van der Waals surface area contributed by atoms with Gasteiger partial charge in [-0.05, 0) is 67.5 Å². The number of halogens is 1. The van der Waals surface area contributed by atoms with Crippen LogP contribution in [0.4, 0.5) is 5.82 Å². The van der Waals surface area contributed by atoms with Gasteiger partial charge in [-0.25, -0.2) is 4.98 Å². The number of benzene rings is 1. The van der Waals surface area contributed by atoms with Crippen LogP contribution in [0.2, 0.25) is 5.02 Å². The number of nitrogens with zero attached hydrogens (tertiary/aromatic N) is 2. The van der Waals surface area contributed by atoms with Gasteiger partial charge in [0, 0.05) is 23.8 Å². The topological polar surface area (TPSA) is 98.0 Å². The van der Waals surface area contributed by atoms with Crippen LogP contribution in [0.15, 0.2) is 30.3 Å². The van der Waals surface area contributed by atoms with Crippen LogP contribution in [0, 0.1) is 11.3 Å². The minimum atomic E-state index is -0.857. The molecule has 1 aliphatic rings. The lowest BCUT2D eigenvalue weighted by molar-refractivity contribution is -0.139. The first-order valence-electron chi connectivity index (χ1n) is 11.4. The van der Waals surface area contributed by atoms with Gasteiger partial charge in [0.2, 0.25) is 0 Å². The van der Waals surface area contributed by atoms with E-state index in [1.807, 2.05) is 0 Å². The Hall–Kier alpha value is -2.62. The van der Waals surface area contributed by atoms with Gasteiger partial charge in [0.1, 0.15) is 11.9 Å². The summed E-state index contributed by atoms with van der Waals surface area (Å²) < 4.78 is 0. The van der Waals surface area contributed by atoms with Gasteiger partial charge in [0.25, 0.3) is 0 Å². The third-order valence-corrected chi connectivity index (χ3v) is 6.26. The van der Waals surface area contributed by atoms with Crippen LogP contribution < -0.4 is 10.6 Å². The van der Waals surface area contributed by atoms with E-state index < -0.39 is 12.0 Å². The molecule has 1 aromatic carbocycles. The minimum Gasteiger partial charge on any atom is -0.480 e. The van der Waals surface area contributed by atoms with Gasteiger partial charge in [-0.2, -0.15) is 5.26 Å². The normalized spacial score (nSPS) is 13.6. The van der Waals surface area contributed by atoms with Crippen LogP contribution in [0.25, 0.3) is 0 Å². The SMILES string of the molecule is N#Cc1ccc(Cl)c(CN[C@@H](CCCCCCCc2ccc3c(n2)NCCC3)C(=O)O)c1. The largest absolute Gasteiger partial charge is 0.480 e. The van der Waals surface area contributed by atoms with Crippen molar-refractivity contribution in [1.29, 1.82) is 5.26 Å². The number of carboxylic acid groups (broad SMARTS) is 1. The molecule has 0 spiro atoms. The summed E-state index contributed by atoms with van der Waals surface area (Å²) in [4.78, 5) is 16.3. The van der Waals surface area contributed by atoms with E-state index >= 15 is 0 Å². The van der Waals surface area contributed by atoms with Gasteiger partial charge in [-0.3, -0.25) is 4.79 Å². The van der Waals surface area contributed by atoms with E-state index in [4.69, 9.17) is 21.8 Å². The van der Waals surface area contributed by atoms with Crippen molar-refractivity contribution in [2.75, 3.05) is 11.9 Å². The lowest BCUT2D eigenvalue weighted by Gasteiger charge is -2.17. The number of carbonyl (C=O) groups is 1. The second-order valence-corrected chi connectivity index (χ2v) is 8.74. The summed E-state index contributed by atoms with van der Waals surface area (Å²) in [5.41, 5.74) is 3.72. The second kappa shape index (κ2) is 12.4. The zero-order valence-corrected chi connectivity index (χ0v) is 19.1. The number of rotatable bonds is 12. The molecule has 6 nitrogen and oxygen atoms in total. The predicted octanol–water partition coefficient (Wildman–Crippen LogP) is 5.09. The molecule has 2 heterocycles. The van der Waals surface area contributed by atoms with E-state index in [0.29, 0.717) is 23.6 Å². The van der Waals surface area contributed by atoms with Gasteiger partial charge in [0.15, 0.2) is 0 Å². The maximum Gasteiger partial charge on any atom is 0.320 e. The number of hydrogen-bond donors (Lipinski definition) is 3. The Bertz CT molecular complexity index is 957. The van der Waals surface area contributed by atoms with Crippen LogP contribution in [-0.4, -0.2) is 28.6 Å². The quantitative estimate of drug-likeness (QED) is 0.386. The molecule has 0 saturated heterocycles. The summed E-state index contributed by atoms with van der Waals surface area (Å²) in [6.45, 7) is 1.34. The smallest absolute Gasteiger partial charge is 0.320 e. The molecule has 32 heavy (non-hydrogen) atoms. The van der Waals surface area contributed by atoms with E-state index in [2.05, 4.69) is 28.8 Å². The number of fused-ring (bicyclic) bond motifs is 1. The Labute approximate surface area is 195 Å². The summed E-state index contributed by atoms with van der Waals surface area (Å²) in [6, 6.07) is 10.8. The number of aryl methyl sites for hydroxylation is 2. The Morgan fingerprint density at radius 1 is 1.22 bits per heavy atom. The number of anilines is 1. The first-order valence-corrected chi connectivity index (χ1v) is 11.8. The Morgan fingerprint density at radius 2 is 2.03 bits per heavy atom. The van der Waals surface area contributed by atoms with Crippen molar-refractivity contribution in [2.45, 2.75) is 70.4 Å². The average Bonchev–Trinajstić information content (AvgIpc) is 2.81. The number of unbranched alkanes of at least 4 members (excludes halogenated alkanes) is 4. The summed E-state index contributed by atoms with van der Waals surface area (Å²) in [5, 5.41) is 25.5. The molecule has 0 saturated carbocycles. The fourth-order valence-electron chi connectivity index (χ4n) is 4.02. The molecule has 170 valence electrons. The first-order chi connectivity index (χ1) is 15.6. The molecule has 1 aliphatic heterocycles. The number of nitriles is 1. The molecule has 1 aromatic heterocycles. The zero-order chi connectivity index (χ0) is 22.8.